The number of benzene rings is 1. The van der Waals surface area contributed by atoms with Crippen LogP contribution in [0.25, 0.3) is 0 Å². The summed E-state index contributed by atoms with van der Waals surface area (Å²) in [7, 11) is 0. The average Bonchev–Trinajstić information content (AvgIpc) is 3.18. The van der Waals surface area contributed by atoms with E-state index < -0.39 is 18.5 Å². The number of hydrogen-bond acceptors (Lipinski definition) is 6. The number of carbonyl (C=O) groups is 3. The quantitative estimate of drug-likeness (QED) is 0.615. The Hall–Kier alpha value is -2.13. The minimum absolute atomic E-state index is 0.0691. The second-order valence-electron chi connectivity index (χ2n) is 5.95. The van der Waals surface area contributed by atoms with Gasteiger partial charge in [-0.1, -0.05) is 36.1 Å². The van der Waals surface area contributed by atoms with Crippen molar-refractivity contribution in [3.63, 3.8) is 0 Å². The summed E-state index contributed by atoms with van der Waals surface area (Å²) in [5.74, 6) is -1.15. The SMILES string of the molecule is O=C1CN(C(=O)COC(=O)CSC(=S)N2CCCC2)c2ccccc2N1. The molecule has 0 atom stereocenters. The van der Waals surface area contributed by atoms with Crippen molar-refractivity contribution >= 4 is 57.5 Å². The molecule has 0 spiro atoms. The lowest BCUT2D eigenvalue weighted by atomic mass is 10.2. The van der Waals surface area contributed by atoms with Crippen LogP contribution >= 0.6 is 24.0 Å². The van der Waals surface area contributed by atoms with Gasteiger partial charge >= 0.3 is 5.97 Å². The lowest BCUT2D eigenvalue weighted by Gasteiger charge is -2.28. The van der Waals surface area contributed by atoms with Gasteiger partial charge in [0.2, 0.25) is 5.91 Å². The van der Waals surface area contributed by atoms with Gasteiger partial charge in [0.15, 0.2) is 6.61 Å². The highest BCUT2D eigenvalue weighted by Gasteiger charge is 2.27. The van der Waals surface area contributed by atoms with E-state index in [1.54, 1.807) is 24.3 Å². The maximum Gasteiger partial charge on any atom is 0.316 e. The third kappa shape index (κ3) is 4.53. The molecule has 2 amide bonds. The maximum atomic E-state index is 12.4. The summed E-state index contributed by atoms with van der Waals surface area (Å²) >= 11 is 6.54. The van der Waals surface area contributed by atoms with E-state index in [0.29, 0.717) is 15.7 Å². The standard InChI is InChI=1S/C17H19N3O4S2/c21-14-9-20(13-6-2-1-5-12(13)18-14)15(22)10-24-16(23)11-26-17(25)19-7-3-4-8-19/h1-2,5-6H,3-4,7-11H2,(H,18,21). The molecule has 7 nitrogen and oxygen atoms in total. The molecule has 1 aromatic carbocycles. The van der Waals surface area contributed by atoms with E-state index in [1.807, 2.05) is 0 Å². The number of likely N-dealkylation sites (tertiary alicyclic amines) is 1. The molecule has 0 aliphatic carbocycles. The first-order chi connectivity index (χ1) is 12.5. The van der Waals surface area contributed by atoms with Crippen LogP contribution < -0.4 is 10.2 Å². The van der Waals surface area contributed by atoms with Gasteiger partial charge in [0, 0.05) is 13.1 Å². The van der Waals surface area contributed by atoms with Crippen LogP contribution in [0.5, 0.6) is 0 Å². The van der Waals surface area contributed by atoms with Crippen molar-refractivity contribution in [2.45, 2.75) is 12.8 Å². The number of esters is 1. The van der Waals surface area contributed by atoms with E-state index >= 15 is 0 Å². The molecule has 0 saturated carbocycles. The summed E-state index contributed by atoms with van der Waals surface area (Å²) in [5, 5.41) is 2.71. The first-order valence-electron chi connectivity index (χ1n) is 8.31. The summed E-state index contributed by atoms with van der Waals surface area (Å²) < 4.78 is 5.75. The van der Waals surface area contributed by atoms with Gasteiger partial charge in [-0.25, -0.2) is 0 Å². The Kier molecular flexibility index (Phi) is 6.10. The van der Waals surface area contributed by atoms with Crippen LogP contribution in [-0.2, 0) is 19.1 Å². The maximum absolute atomic E-state index is 12.4. The van der Waals surface area contributed by atoms with E-state index in [-0.39, 0.29) is 18.2 Å². The number of para-hydroxylation sites is 2. The number of hydrogen-bond donors (Lipinski definition) is 1. The fraction of sp³-hybridized carbons (Fsp3) is 0.412. The van der Waals surface area contributed by atoms with Crippen molar-refractivity contribution < 1.29 is 19.1 Å². The van der Waals surface area contributed by atoms with Gasteiger partial charge < -0.3 is 15.0 Å². The topological polar surface area (TPSA) is 79.0 Å². The Morgan fingerprint density at radius 2 is 1.96 bits per heavy atom. The van der Waals surface area contributed by atoms with Gasteiger partial charge in [0.1, 0.15) is 10.9 Å². The molecule has 0 radical (unpaired) electrons. The summed E-state index contributed by atoms with van der Waals surface area (Å²) in [6.07, 6.45) is 2.23. The van der Waals surface area contributed by atoms with Crippen LogP contribution in [0.2, 0.25) is 0 Å². The van der Waals surface area contributed by atoms with Gasteiger partial charge in [0.05, 0.1) is 17.1 Å². The molecule has 26 heavy (non-hydrogen) atoms. The highest BCUT2D eigenvalue weighted by Crippen LogP contribution is 2.28. The molecule has 1 fully saturated rings. The number of nitrogens with zero attached hydrogens (tertiary/aromatic N) is 2. The molecule has 2 aliphatic heterocycles. The van der Waals surface area contributed by atoms with Gasteiger partial charge in [-0.15, -0.1) is 0 Å². The minimum atomic E-state index is -0.500. The van der Waals surface area contributed by atoms with E-state index in [0.717, 1.165) is 25.9 Å². The molecular weight excluding hydrogens is 374 g/mol. The Bertz CT molecular complexity index is 734. The molecule has 0 bridgehead atoms. The number of thiocarbonyl (C=S) groups is 1. The van der Waals surface area contributed by atoms with Gasteiger partial charge in [0.25, 0.3) is 5.91 Å². The number of anilines is 2. The smallest absolute Gasteiger partial charge is 0.316 e. The lowest BCUT2D eigenvalue weighted by Crippen LogP contribution is -2.44. The Morgan fingerprint density at radius 1 is 1.23 bits per heavy atom. The number of fused-ring (bicyclic) bond motifs is 1. The zero-order valence-electron chi connectivity index (χ0n) is 14.1. The number of nitrogens with one attached hydrogen (secondary N) is 1. The Labute approximate surface area is 161 Å². The monoisotopic (exact) mass is 393 g/mol. The summed E-state index contributed by atoms with van der Waals surface area (Å²) in [5.41, 5.74) is 1.16. The molecule has 138 valence electrons. The third-order valence-electron chi connectivity index (χ3n) is 4.11. The van der Waals surface area contributed by atoms with Crippen LogP contribution in [0.15, 0.2) is 24.3 Å². The molecule has 0 aromatic heterocycles. The van der Waals surface area contributed by atoms with Crippen molar-refractivity contribution in [1.82, 2.24) is 4.90 Å². The first-order valence-corrected chi connectivity index (χ1v) is 9.70. The zero-order valence-corrected chi connectivity index (χ0v) is 15.7. The highest BCUT2D eigenvalue weighted by molar-refractivity contribution is 8.23. The van der Waals surface area contributed by atoms with E-state index in [2.05, 4.69) is 10.2 Å². The van der Waals surface area contributed by atoms with Crippen molar-refractivity contribution in [2.24, 2.45) is 0 Å². The Morgan fingerprint density at radius 3 is 2.73 bits per heavy atom. The van der Waals surface area contributed by atoms with Crippen LogP contribution in [-0.4, -0.2) is 59.0 Å². The first kappa shape index (κ1) is 18.7. The number of rotatable bonds is 4. The zero-order chi connectivity index (χ0) is 18.5. The lowest BCUT2D eigenvalue weighted by molar-refractivity contribution is -0.145. The highest BCUT2D eigenvalue weighted by atomic mass is 32.2. The Balaban J connectivity index is 1.48. The molecule has 2 aliphatic rings. The van der Waals surface area contributed by atoms with Gasteiger partial charge in [-0.05, 0) is 25.0 Å². The number of amides is 2. The average molecular weight is 393 g/mol. The van der Waals surface area contributed by atoms with Crippen LogP contribution in [0.1, 0.15) is 12.8 Å². The largest absolute Gasteiger partial charge is 0.455 e. The molecule has 1 N–H and O–H groups in total. The molecular formula is C17H19N3O4S2. The van der Waals surface area contributed by atoms with Gasteiger partial charge in [-0.3, -0.25) is 19.3 Å². The van der Waals surface area contributed by atoms with Crippen molar-refractivity contribution in [3.05, 3.63) is 24.3 Å². The molecule has 1 aromatic rings. The second kappa shape index (κ2) is 8.50. The fourth-order valence-corrected chi connectivity index (χ4v) is 3.88. The second-order valence-corrected chi connectivity index (χ2v) is 7.56. The van der Waals surface area contributed by atoms with Crippen molar-refractivity contribution in [1.29, 1.82) is 0 Å². The molecule has 2 heterocycles. The normalized spacial score (nSPS) is 16.1. The van der Waals surface area contributed by atoms with Crippen molar-refractivity contribution in [3.8, 4) is 0 Å². The minimum Gasteiger partial charge on any atom is -0.455 e. The van der Waals surface area contributed by atoms with E-state index in [4.69, 9.17) is 17.0 Å². The predicted octanol–water partition coefficient (Wildman–Crippen LogP) is 1.63. The summed E-state index contributed by atoms with van der Waals surface area (Å²) in [6, 6.07) is 7.00. The fourth-order valence-electron chi connectivity index (χ4n) is 2.83. The van der Waals surface area contributed by atoms with Crippen LogP contribution in [0.4, 0.5) is 11.4 Å². The molecule has 9 heteroatoms. The number of carbonyl (C=O) groups excluding carboxylic acids is 3. The molecule has 1 saturated heterocycles. The predicted molar refractivity (Wildman–Crippen MR) is 104 cm³/mol. The number of ether oxygens (including phenoxy) is 1. The summed E-state index contributed by atoms with van der Waals surface area (Å²) in [6.45, 7) is 1.35. The number of thioether (sulfide) groups is 1. The third-order valence-corrected chi connectivity index (χ3v) is 5.60. The van der Waals surface area contributed by atoms with Gasteiger partial charge in [-0.2, -0.15) is 0 Å². The van der Waals surface area contributed by atoms with Crippen LogP contribution in [0, 0.1) is 0 Å². The van der Waals surface area contributed by atoms with E-state index in [1.165, 1.54) is 16.7 Å². The molecule has 0 unspecified atom stereocenters. The van der Waals surface area contributed by atoms with Crippen molar-refractivity contribution in [2.75, 3.05) is 42.2 Å². The van der Waals surface area contributed by atoms with Crippen LogP contribution in [0.3, 0.4) is 0 Å². The summed E-state index contributed by atoms with van der Waals surface area (Å²) in [4.78, 5) is 39.4. The molecule has 3 rings (SSSR count). The van der Waals surface area contributed by atoms with E-state index in [9.17, 15) is 14.4 Å².